The molecule has 2 rings (SSSR count). The van der Waals surface area contributed by atoms with Gasteiger partial charge in [0.2, 0.25) is 0 Å². The monoisotopic (exact) mass is 354 g/mol. The van der Waals surface area contributed by atoms with Crippen molar-refractivity contribution in [2.45, 2.75) is 26.2 Å². The summed E-state index contributed by atoms with van der Waals surface area (Å²) in [5.41, 5.74) is 2.50. The summed E-state index contributed by atoms with van der Waals surface area (Å²) in [4.78, 5) is 20.8. The van der Waals surface area contributed by atoms with Crippen LogP contribution in [0.1, 0.15) is 26.2 Å². The van der Waals surface area contributed by atoms with Crippen LogP contribution in [-0.2, 0) is 4.79 Å². The van der Waals surface area contributed by atoms with Crippen molar-refractivity contribution in [2.75, 3.05) is 11.9 Å². The minimum Gasteiger partial charge on any atom is -0.384 e. The van der Waals surface area contributed by atoms with E-state index in [0.29, 0.717) is 29.3 Å². The lowest BCUT2D eigenvalue weighted by molar-refractivity contribution is -0.115. The van der Waals surface area contributed by atoms with E-state index in [0.717, 1.165) is 24.1 Å². The minimum absolute atomic E-state index is 0.0625. The predicted octanol–water partition coefficient (Wildman–Crippen LogP) is 3.58. The van der Waals surface area contributed by atoms with Crippen LogP contribution in [0.4, 0.5) is 5.82 Å². The Morgan fingerprint density at radius 3 is 2.96 bits per heavy atom. The molecule has 1 aromatic rings. The largest absolute Gasteiger partial charge is 0.384 e. The number of hydrogen-bond donors (Lipinski definition) is 2. The van der Waals surface area contributed by atoms with Gasteiger partial charge in [-0.05, 0) is 50.3 Å². The average Bonchev–Trinajstić information content (AvgIpc) is 2.62. The van der Waals surface area contributed by atoms with Gasteiger partial charge < -0.3 is 10.6 Å². The number of thiocarbonyl (C=S) groups is 1. The second-order valence-electron chi connectivity index (χ2n) is 5.51. The lowest BCUT2D eigenvalue weighted by Crippen LogP contribution is -2.29. The van der Waals surface area contributed by atoms with E-state index in [9.17, 15) is 4.79 Å². The van der Waals surface area contributed by atoms with Gasteiger partial charge >= 0.3 is 0 Å². The van der Waals surface area contributed by atoms with Gasteiger partial charge in [0.05, 0.1) is 5.57 Å². The van der Waals surface area contributed by atoms with Gasteiger partial charge in [-0.25, -0.2) is 4.98 Å². The number of carbonyl (C=O) groups is 1. The number of hydrogen-bond acceptors (Lipinski definition) is 5. The molecule has 6 heteroatoms. The molecule has 0 spiro atoms. The maximum atomic E-state index is 12.4. The molecule has 5 nitrogen and oxygen atoms in total. The number of rotatable bonds is 7. The lowest BCUT2D eigenvalue weighted by Gasteiger charge is -2.22. The van der Waals surface area contributed by atoms with Crippen LogP contribution in [0.25, 0.3) is 0 Å². The molecule has 0 saturated carbocycles. The van der Waals surface area contributed by atoms with Crippen molar-refractivity contribution in [1.82, 2.24) is 10.3 Å². The standard InChI is InChI=1S/C19H22N4OS/c1-3-14(10-12-20-2)13-22-15-7-6-8-16(24)18(15)19(25)23-17-9-4-5-11-21-17/h3-5,9-12,22H,2,6-8,13H2,1H3,(H,21,23,25)/b12-10-,14-3+. The number of carbonyl (C=O) groups excluding carboxylic acids is 1. The number of pyridine rings is 1. The third-order valence-corrected chi connectivity index (χ3v) is 4.12. The Labute approximate surface area is 153 Å². The first-order chi connectivity index (χ1) is 12.2. The number of aromatic nitrogens is 1. The molecule has 1 aliphatic rings. The first kappa shape index (κ1) is 18.7. The van der Waals surface area contributed by atoms with Crippen LogP contribution in [0.5, 0.6) is 0 Å². The van der Waals surface area contributed by atoms with E-state index in [-0.39, 0.29) is 5.78 Å². The van der Waals surface area contributed by atoms with Crippen LogP contribution in [0, 0.1) is 0 Å². The van der Waals surface area contributed by atoms with Gasteiger partial charge in [0, 0.05) is 31.1 Å². The van der Waals surface area contributed by atoms with Crippen molar-refractivity contribution >= 4 is 35.5 Å². The molecule has 0 fully saturated rings. The first-order valence-corrected chi connectivity index (χ1v) is 8.56. The number of anilines is 1. The molecule has 1 heterocycles. The molecular formula is C19H22N4OS. The summed E-state index contributed by atoms with van der Waals surface area (Å²) < 4.78 is 0. The van der Waals surface area contributed by atoms with Crippen molar-refractivity contribution < 1.29 is 4.79 Å². The maximum absolute atomic E-state index is 12.4. The van der Waals surface area contributed by atoms with E-state index < -0.39 is 0 Å². The molecule has 130 valence electrons. The first-order valence-electron chi connectivity index (χ1n) is 8.16. The van der Waals surface area contributed by atoms with Crippen LogP contribution >= 0.6 is 12.2 Å². The van der Waals surface area contributed by atoms with Gasteiger partial charge in [-0.2, -0.15) is 0 Å². The van der Waals surface area contributed by atoms with Gasteiger partial charge in [0.15, 0.2) is 5.78 Å². The third-order valence-electron chi connectivity index (χ3n) is 3.82. The smallest absolute Gasteiger partial charge is 0.167 e. The SMILES string of the molecule is C=N/C=C\C(=C/C)CNC1=C(C(=S)Nc2ccccn2)C(=O)CCC1. The van der Waals surface area contributed by atoms with Gasteiger partial charge in [-0.15, -0.1) is 0 Å². The van der Waals surface area contributed by atoms with E-state index >= 15 is 0 Å². The van der Waals surface area contributed by atoms with Crippen molar-refractivity contribution in [1.29, 1.82) is 0 Å². The molecular weight excluding hydrogens is 332 g/mol. The zero-order chi connectivity index (χ0) is 18.1. The van der Waals surface area contributed by atoms with Gasteiger partial charge in [-0.3, -0.25) is 9.79 Å². The highest BCUT2D eigenvalue weighted by molar-refractivity contribution is 7.81. The summed E-state index contributed by atoms with van der Waals surface area (Å²) in [7, 11) is 0. The van der Waals surface area contributed by atoms with Gasteiger partial charge in [0.25, 0.3) is 0 Å². The van der Waals surface area contributed by atoms with E-state index in [1.165, 1.54) is 0 Å². The quantitative estimate of drug-likeness (QED) is 0.445. The Bertz CT molecular complexity index is 735. The average molecular weight is 354 g/mol. The van der Waals surface area contributed by atoms with Gasteiger partial charge in [-0.1, -0.05) is 24.4 Å². The highest BCUT2D eigenvalue weighted by Gasteiger charge is 2.24. The molecule has 1 aliphatic carbocycles. The van der Waals surface area contributed by atoms with Gasteiger partial charge in [0.1, 0.15) is 10.8 Å². The number of ketones is 1. The highest BCUT2D eigenvalue weighted by atomic mass is 32.1. The Balaban J connectivity index is 2.16. The number of Topliss-reactive ketones (excluding diaryl/α,β-unsaturated/α-hetero) is 1. The summed E-state index contributed by atoms with van der Waals surface area (Å²) in [6.07, 6.45) is 9.34. The predicted molar refractivity (Wildman–Crippen MR) is 107 cm³/mol. The summed E-state index contributed by atoms with van der Waals surface area (Å²) in [6.45, 7) is 5.99. The van der Waals surface area contributed by atoms with Crippen molar-refractivity contribution in [2.24, 2.45) is 4.99 Å². The molecule has 0 atom stereocenters. The minimum atomic E-state index is 0.0625. The lowest BCUT2D eigenvalue weighted by atomic mass is 9.94. The van der Waals surface area contributed by atoms with E-state index in [1.54, 1.807) is 12.4 Å². The van der Waals surface area contributed by atoms with Crippen molar-refractivity contribution in [3.8, 4) is 0 Å². The van der Waals surface area contributed by atoms with Crippen LogP contribution in [0.15, 0.2) is 64.6 Å². The molecule has 0 aromatic carbocycles. The zero-order valence-corrected chi connectivity index (χ0v) is 15.1. The molecule has 0 aliphatic heterocycles. The molecule has 0 saturated heterocycles. The molecule has 0 unspecified atom stereocenters. The van der Waals surface area contributed by atoms with E-state index in [1.807, 2.05) is 37.3 Å². The molecule has 0 amide bonds. The summed E-state index contributed by atoms with van der Waals surface area (Å²) >= 11 is 5.47. The van der Waals surface area contributed by atoms with Crippen molar-refractivity contribution in [3.63, 3.8) is 0 Å². The summed E-state index contributed by atoms with van der Waals surface area (Å²) in [5.74, 6) is 0.694. The Morgan fingerprint density at radius 2 is 2.28 bits per heavy atom. The molecule has 2 N–H and O–H groups in total. The summed E-state index contributed by atoms with van der Waals surface area (Å²) in [6, 6.07) is 5.52. The Kier molecular flexibility index (Phi) is 7.22. The maximum Gasteiger partial charge on any atom is 0.167 e. The zero-order valence-electron chi connectivity index (χ0n) is 14.3. The fraction of sp³-hybridized carbons (Fsp3) is 0.263. The highest BCUT2D eigenvalue weighted by Crippen LogP contribution is 2.22. The number of aliphatic imine (C=N–C) groups is 1. The Morgan fingerprint density at radius 1 is 1.44 bits per heavy atom. The van der Waals surface area contributed by atoms with Crippen LogP contribution in [0.3, 0.4) is 0 Å². The number of allylic oxidation sites excluding steroid dienone is 2. The second kappa shape index (κ2) is 9.64. The topological polar surface area (TPSA) is 66.4 Å². The number of nitrogens with zero attached hydrogens (tertiary/aromatic N) is 2. The van der Waals surface area contributed by atoms with Crippen molar-refractivity contribution in [3.05, 3.63) is 59.6 Å². The fourth-order valence-electron chi connectivity index (χ4n) is 2.51. The molecule has 1 aromatic heterocycles. The van der Waals surface area contributed by atoms with Crippen LogP contribution < -0.4 is 10.6 Å². The van der Waals surface area contributed by atoms with Crippen LogP contribution in [-0.4, -0.2) is 29.0 Å². The third kappa shape index (κ3) is 5.46. The second-order valence-corrected chi connectivity index (χ2v) is 5.92. The normalized spacial score (nSPS) is 15.4. The number of nitrogens with one attached hydrogen (secondary N) is 2. The fourth-order valence-corrected chi connectivity index (χ4v) is 2.86. The summed E-state index contributed by atoms with van der Waals surface area (Å²) in [5, 5.41) is 6.42. The molecule has 0 bridgehead atoms. The Hall–Kier alpha value is -2.60. The molecule has 0 radical (unpaired) electrons. The molecule has 25 heavy (non-hydrogen) atoms. The van der Waals surface area contributed by atoms with E-state index in [2.05, 4.69) is 27.3 Å². The van der Waals surface area contributed by atoms with E-state index in [4.69, 9.17) is 12.2 Å². The van der Waals surface area contributed by atoms with Crippen LogP contribution in [0.2, 0.25) is 0 Å².